The molecule has 1 fully saturated rings. The number of nitrogens with zero attached hydrogens (tertiary/aromatic N) is 1. The molecule has 1 aliphatic rings. The lowest BCUT2D eigenvalue weighted by molar-refractivity contribution is -0.148. The van der Waals surface area contributed by atoms with Crippen LogP contribution in [0.4, 0.5) is 14.5 Å². The maximum absolute atomic E-state index is 13.6. The fourth-order valence-electron chi connectivity index (χ4n) is 2.76. The number of carbonyl (C=O) groups excluding carboxylic acids is 1. The van der Waals surface area contributed by atoms with Crippen molar-refractivity contribution >= 4 is 27.6 Å². The van der Waals surface area contributed by atoms with Crippen molar-refractivity contribution in [1.29, 1.82) is 0 Å². The molecular weight excluding hydrogens is 404 g/mol. The molecule has 6 heteroatoms. The molecule has 1 heterocycles. The predicted octanol–water partition coefficient (Wildman–Crippen LogP) is 5.19. The molecule has 1 saturated heterocycles. The van der Waals surface area contributed by atoms with Crippen molar-refractivity contribution in [2.45, 2.75) is 19.8 Å². The molecule has 0 spiro atoms. The average Bonchev–Trinajstić information content (AvgIpc) is 2.65. The van der Waals surface area contributed by atoms with E-state index in [1.165, 1.54) is 12.1 Å². The molecule has 0 aliphatic carbocycles. The highest BCUT2D eigenvalue weighted by Gasteiger charge is 2.26. The average molecular weight is 426 g/mol. The van der Waals surface area contributed by atoms with E-state index in [-0.39, 0.29) is 23.5 Å². The van der Waals surface area contributed by atoms with Crippen LogP contribution >= 0.6 is 15.9 Å². The summed E-state index contributed by atoms with van der Waals surface area (Å²) in [6.45, 7) is 3.63. The van der Waals surface area contributed by atoms with Gasteiger partial charge in [-0.2, -0.15) is 0 Å². The first-order valence-electron chi connectivity index (χ1n) is 8.59. The summed E-state index contributed by atoms with van der Waals surface area (Å²) >= 11 is 3.02. The van der Waals surface area contributed by atoms with E-state index in [4.69, 9.17) is 4.74 Å². The highest BCUT2D eigenvalue weighted by atomic mass is 79.9. The first kappa shape index (κ1) is 20.4. The first-order valence-corrected chi connectivity index (χ1v) is 9.38. The number of esters is 1. The Hall–Kier alpha value is -1.95. The van der Waals surface area contributed by atoms with Crippen LogP contribution in [0.2, 0.25) is 0 Å². The molecule has 0 atom stereocenters. The van der Waals surface area contributed by atoms with Gasteiger partial charge in [0.2, 0.25) is 0 Å². The second kappa shape index (κ2) is 10.3. The SMILES string of the molecule is CCOC(=O)C1CCN(c2ccccc2F)CC1.Fc1ccccc1Br. The minimum Gasteiger partial charge on any atom is -0.466 e. The Morgan fingerprint density at radius 3 is 2.15 bits per heavy atom. The number of benzene rings is 2. The molecular formula is C20H22BrF2NO2. The van der Waals surface area contributed by atoms with E-state index in [9.17, 15) is 13.6 Å². The maximum Gasteiger partial charge on any atom is 0.309 e. The minimum absolute atomic E-state index is 0.0343. The highest BCUT2D eigenvalue weighted by molar-refractivity contribution is 9.10. The number of para-hydroxylation sites is 1. The fraction of sp³-hybridized carbons (Fsp3) is 0.350. The van der Waals surface area contributed by atoms with Gasteiger partial charge in [0.1, 0.15) is 11.6 Å². The van der Waals surface area contributed by atoms with Crippen LogP contribution in [-0.4, -0.2) is 25.7 Å². The summed E-state index contributed by atoms with van der Waals surface area (Å²) in [6.07, 6.45) is 1.46. The van der Waals surface area contributed by atoms with Crippen LogP contribution in [0.3, 0.4) is 0 Å². The van der Waals surface area contributed by atoms with Crippen molar-refractivity contribution in [2.24, 2.45) is 5.92 Å². The molecule has 2 aromatic carbocycles. The van der Waals surface area contributed by atoms with Gasteiger partial charge in [-0.3, -0.25) is 4.79 Å². The topological polar surface area (TPSA) is 29.5 Å². The number of ether oxygens (including phenoxy) is 1. The third-order valence-corrected chi connectivity index (χ3v) is 4.78. The van der Waals surface area contributed by atoms with Crippen molar-refractivity contribution in [3.8, 4) is 0 Å². The molecule has 1 aliphatic heterocycles. The van der Waals surface area contributed by atoms with Gasteiger partial charge in [-0.1, -0.05) is 24.3 Å². The van der Waals surface area contributed by atoms with Crippen molar-refractivity contribution in [2.75, 3.05) is 24.6 Å². The summed E-state index contributed by atoms with van der Waals surface area (Å²) in [6, 6.07) is 13.2. The highest BCUT2D eigenvalue weighted by Crippen LogP contribution is 2.26. The molecule has 0 radical (unpaired) electrons. The minimum atomic E-state index is -0.215. The summed E-state index contributed by atoms with van der Waals surface area (Å²) in [5.41, 5.74) is 0.625. The lowest BCUT2D eigenvalue weighted by Gasteiger charge is -2.32. The number of halogens is 3. The lowest BCUT2D eigenvalue weighted by atomic mass is 9.96. The van der Waals surface area contributed by atoms with Crippen LogP contribution in [0, 0.1) is 17.6 Å². The van der Waals surface area contributed by atoms with Crippen LogP contribution in [0.25, 0.3) is 0 Å². The van der Waals surface area contributed by atoms with Crippen molar-refractivity contribution in [3.63, 3.8) is 0 Å². The maximum atomic E-state index is 13.6. The summed E-state index contributed by atoms with van der Waals surface area (Å²) < 4.78 is 31.4. The van der Waals surface area contributed by atoms with E-state index >= 15 is 0 Å². The normalized spacial score (nSPS) is 14.4. The fourth-order valence-corrected chi connectivity index (χ4v) is 3.05. The predicted molar refractivity (Wildman–Crippen MR) is 102 cm³/mol. The smallest absolute Gasteiger partial charge is 0.309 e. The van der Waals surface area contributed by atoms with Gasteiger partial charge in [0.05, 0.1) is 22.7 Å². The van der Waals surface area contributed by atoms with E-state index in [1.54, 1.807) is 30.3 Å². The Bertz CT molecular complexity index is 697. The third kappa shape index (κ3) is 5.80. The number of rotatable bonds is 3. The summed E-state index contributed by atoms with van der Waals surface area (Å²) in [7, 11) is 0. The zero-order valence-electron chi connectivity index (χ0n) is 14.6. The van der Waals surface area contributed by atoms with Gasteiger partial charge in [-0.15, -0.1) is 0 Å². The molecule has 140 valence electrons. The molecule has 0 amide bonds. The first-order chi connectivity index (χ1) is 12.5. The van der Waals surface area contributed by atoms with Gasteiger partial charge in [0.25, 0.3) is 0 Å². The Labute approximate surface area is 161 Å². The number of piperidine rings is 1. The molecule has 0 unspecified atom stereocenters. The Kier molecular flexibility index (Phi) is 8.04. The molecule has 3 nitrogen and oxygen atoms in total. The van der Waals surface area contributed by atoms with E-state index in [1.807, 2.05) is 17.9 Å². The zero-order valence-corrected chi connectivity index (χ0v) is 16.2. The van der Waals surface area contributed by atoms with Gasteiger partial charge in [0, 0.05) is 13.1 Å². The molecule has 0 aromatic heterocycles. The van der Waals surface area contributed by atoms with E-state index < -0.39 is 0 Å². The summed E-state index contributed by atoms with van der Waals surface area (Å²) in [5.74, 6) is -0.571. The number of anilines is 1. The van der Waals surface area contributed by atoms with Crippen LogP contribution in [0.15, 0.2) is 53.0 Å². The van der Waals surface area contributed by atoms with Gasteiger partial charge in [0.15, 0.2) is 0 Å². The van der Waals surface area contributed by atoms with E-state index in [0.717, 1.165) is 12.8 Å². The quantitative estimate of drug-likeness (QED) is 0.633. The number of hydrogen-bond acceptors (Lipinski definition) is 3. The standard InChI is InChI=1S/C14H18FNO2.C6H4BrF/c1-2-18-14(17)11-7-9-16(10-8-11)13-6-4-3-5-12(13)15;7-5-3-1-2-4-6(5)8/h3-6,11H,2,7-10H2,1H3;1-4H. The van der Waals surface area contributed by atoms with Gasteiger partial charge >= 0.3 is 5.97 Å². The van der Waals surface area contributed by atoms with Crippen molar-refractivity contribution in [1.82, 2.24) is 0 Å². The van der Waals surface area contributed by atoms with Crippen LogP contribution < -0.4 is 4.90 Å². The molecule has 0 saturated carbocycles. The lowest BCUT2D eigenvalue weighted by Crippen LogP contribution is -2.37. The number of carbonyl (C=O) groups is 1. The Morgan fingerprint density at radius 2 is 1.65 bits per heavy atom. The molecule has 26 heavy (non-hydrogen) atoms. The van der Waals surface area contributed by atoms with E-state index in [0.29, 0.717) is 29.9 Å². The van der Waals surface area contributed by atoms with Gasteiger partial charge < -0.3 is 9.64 Å². The van der Waals surface area contributed by atoms with Crippen molar-refractivity contribution < 1.29 is 18.3 Å². The summed E-state index contributed by atoms with van der Waals surface area (Å²) in [4.78, 5) is 13.6. The van der Waals surface area contributed by atoms with Gasteiger partial charge in [-0.05, 0) is 60.0 Å². The van der Waals surface area contributed by atoms with Gasteiger partial charge in [-0.25, -0.2) is 8.78 Å². The Balaban J connectivity index is 0.000000254. The zero-order chi connectivity index (χ0) is 18.9. The van der Waals surface area contributed by atoms with Crippen LogP contribution in [0.1, 0.15) is 19.8 Å². The van der Waals surface area contributed by atoms with Crippen LogP contribution in [0.5, 0.6) is 0 Å². The van der Waals surface area contributed by atoms with Crippen molar-refractivity contribution in [3.05, 3.63) is 64.6 Å². The largest absolute Gasteiger partial charge is 0.466 e. The molecule has 0 bridgehead atoms. The molecule has 0 N–H and O–H groups in total. The molecule has 3 rings (SSSR count). The third-order valence-electron chi connectivity index (χ3n) is 4.13. The monoisotopic (exact) mass is 425 g/mol. The van der Waals surface area contributed by atoms with Crippen LogP contribution in [-0.2, 0) is 9.53 Å². The number of hydrogen-bond donors (Lipinski definition) is 0. The van der Waals surface area contributed by atoms with E-state index in [2.05, 4.69) is 15.9 Å². The molecule has 2 aromatic rings. The Morgan fingerprint density at radius 1 is 1.08 bits per heavy atom. The second-order valence-electron chi connectivity index (χ2n) is 5.88. The second-order valence-corrected chi connectivity index (χ2v) is 6.73. The summed E-state index contributed by atoms with van der Waals surface area (Å²) in [5, 5.41) is 0.